The van der Waals surface area contributed by atoms with Crippen LogP contribution in [0.5, 0.6) is 0 Å². The van der Waals surface area contributed by atoms with Gasteiger partial charge in [-0.2, -0.15) is 5.26 Å². The van der Waals surface area contributed by atoms with Gasteiger partial charge in [-0.05, 0) is 0 Å². The molecule has 1 saturated heterocycles. The van der Waals surface area contributed by atoms with Crippen molar-refractivity contribution in [2.75, 3.05) is 12.3 Å². The average molecular weight is 291 g/mol. The van der Waals surface area contributed by atoms with Gasteiger partial charge in [-0.3, -0.25) is 0 Å². The zero-order valence-corrected chi connectivity index (χ0v) is 10.8. The number of nitrogens with two attached hydrogens (primary N) is 1. The largest absolute Gasteiger partial charge is 0.394 e. The lowest BCUT2D eigenvalue weighted by molar-refractivity contribution is -0.0508. The third-order valence-corrected chi connectivity index (χ3v) is 3.55. The van der Waals surface area contributed by atoms with Crippen LogP contribution in [0.2, 0.25) is 0 Å². The Labute approximate surface area is 118 Å². The number of nitrogen functional groups attached to an aromatic ring is 1. The number of rotatable bonds is 2. The highest BCUT2D eigenvalue weighted by Crippen LogP contribution is 2.34. The Hall–Kier alpha value is -2.25. The SMILES string of the molecule is N#Cc1cn([C@@H]2O[C@H](CO)[C@H](O)[C@H]2O)c2ncnc(N)c12. The van der Waals surface area contributed by atoms with Crippen molar-refractivity contribution in [2.45, 2.75) is 24.5 Å². The van der Waals surface area contributed by atoms with Gasteiger partial charge in [0.25, 0.3) is 0 Å². The minimum Gasteiger partial charge on any atom is -0.394 e. The second-order valence-corrected chi connectivity index (χ2v) is 4.75. The summed E-state index contributed by atoms with van der Waals surface area (Å²) < 4.78 is 6.84. The first-order chi connectivity index (χ1) is 10.1. The Morgan fingerprint density at radius 3 is 2.76 bits per heavy atom. The van der Waals surface area contributed by atoms with Gasteiger partial charge in [-0.1, -0.05) is 0 Å². The van der Waals surface area contributed by atoms with E-state index in [-0.39, 0.29) is 11.4 Å². The molecule has 1 aliphatic heterocycles. The van der Waals surface area contributed by atoms with Gasteiger partial charge in [0.05, 0.1) is 17.6 Å². The number of nitrogens with zero attached hydrogens (tertiary/aromatic N) is 4. The molecule has 3 rings (SSSR count). The van der Waals surface area contributed by atoms with Gasteiger partial charge in [-0.15, -0.1) is 0 Å². The van der Waals surface area contributed by atoms with Crippen LogP contribution in [-0.2, 0) is 4.74 Å². The molecule has 0 saturated carbocycles. The number of hydrogen-bond acceptors (Lipinski definition) is 8. The molecule has 0 amide bonds. The minimum absolute atomic E-state index is 0.141. The minimum atomic E-state index is -1.26. The zero-order chi connectivity index (χ0) is 15.1. The summed E-state index contributed by atoms with van der Waals surface area (Å²) in [6.07, 6.45) is -1.72. The molecule has 9 heteroatoms. The van der Waals surface area contributed by atoms with Gasteiger partial charge in [0.2, 0.25) is 0 Å². The fraction of sp³-hybridized carbons (Fsp3) is 0.417. The molecule has 21 heavy (non-hydrogen) atoms. The molecule has 2 aromatic rings. The Morgan fingerprint density at radius 2 is 2.14 bits per heavy atom. The summed E-state index contributed by atoms with van der Waals surface area (Å²) in [6, 6.07) is 1.98. The first-order valence-electron chi connectivity index (χ1n) is 6.22. The molecule has 9 nitrogen and oxygen atoms in total. The van der Waals surface area contributed by atoms with E-state index in [0.29, 0.717) is 11.0 Å². The Balaban J connectivity index is 2.14. The summed E-state index contributed by atoms with van der Waals surface area (Å²) in [4.78, 5) is 7.88. The van der Waals surface area contributed by atoms with E-state index >= 15 is 0 Å². The first-order valence-corrected chi connectivity index (χ1v) is 6.22. The maximum Gasteiger partial charge on any atom is 0.164 e. The van der Waals surface area contributed by atoms with Crippen LogP contribution >= 0.6 is 0 Å². The lowest BCUT2D eigenvalue weighted by Crippen LogP contribution is -2.33. The highest BCUT2D eigenvalue weighted by atomic mass is 16.6. The number of hydrogen-bond donors (Lipinski definition) is 4. The van der Waals surface area contributed by atoms with E-state index in [1.54, 1.807) is 0 Å². The van der Waals surface area contributed by atoms with Gasteiger partial charge >= 0.3 is 0 Å². The van der Waals surface area contributed by atoms with Crippen molar-refractivity contribution in [1.82, 2.24) is 14.5 Å². The van der Waals surface area contributed by atoms with E-state index in [2.05, 4.69) is 9.97 Å². The first kappa shape index (κ1) is 13.7. The second-order valence-electron chi connectivity index (χ2n) is 4.75. The van der Waals surface area contributed by atoms with Crippen molar-refractivity contribution in [3.8, 4) is 6.07 Å². The standard InChI is InChI=1S/C12H13N5O4/c13-1-5-2-17(11-7(5)10(14)15-4-16-11)12-9(20)8(19)6(3-18)21-12/h2,4,6,8-9,12,18-20H,3H2,(H2,14,15,16)/t6-,8+,9-,12-/m1/s1. The van der Waals surface area contributed by atoms with Crippen LogP contribution in [0.4, 0.5) is 5.82 Å². The van der Waals surface area contributed by atoms with Crippen LogP contribution in [-0.4, -0.2) is 54.8 Å². The smallest absolute Gasteiger partial charge is 0.164 e. The van der Waals surface area contributed by atoms with Crippen molar-refractivity contribution in [3.05, 3.63) is 18.1 Å². The van der Waals surface area contributed by atoms with Crippen LogP contribution in [0.15, 0.2) is 12.5 Å². The van der Waals surface area contributed by atoms with Crippen LogP contribution in [0.25, 0.3) is 11.0 Å². The maximum absolute atomic E-state index is 10.1. The van der Waals surface area contributed by atoms with E-state index in [4.69, 9.17) is 20.8 Å². The summed E-state index contributed by atoms with van der Waals surface area (Å²) in [6.45, 7) is -0.434. The Morgan fingerprint density at radius 1 is 1.38 bits per heavy atom. The van der Waals surface area contributed by atoms with Crippen LogP contribution in [0.1, 0.15) is 11.8 Å². The van der Waals surface area contributed by atoms with Gasteiger partial charge in [0.1, 0.15) is 42.2 Å². The number of ether oxygens (including phenoxy) is 1. The molecule has 1 aliphatic rings. The normalized spacial score (nSPS) is 28.9. The second kappa shape index (κ2) is 4.94. The maximum atomic E-state index is 10.1. The van der Waals surface area contributed by atoms with Gasteiger partial charge in [0.15, 0.2) is 6.23 Å². The highest BCUT2D eigenvalue weighted by Gasteiger charge is 2.44. The van der Waals surface area contributed by atoms with Crippen LogP contribution in [0.3, 0.4) is 0 Å². The monoisotopic (exact) mass is 291 g/mol. The zero-order valence-electron chi connectivity index (χ0n) is 10.8. The highest BCUT2D eigenvalue weighted by molar-refractivity contribution is 5.91. The molecular formula is C12H13N5O4. The van der Waals surface area contributed by atoms with E-state index in [9.17, 15) is 10.2 Å². The molecule has 1 fully saturated rings. The fourth-order valence-corrected chi connectivity index (χ4v) is 2.50. The number of aliphatic hydroxyl groups excluding tert-OH is 3. The number of nitriles is 1. The number of anilines is 1. The molecular weight excluding hydrogens is 278 g/mol. The quantitative estimate of drug-likeness (QED) is 0.521. The summed E-state index contributed by atoms with van der Waals surface area (Å²) in [5.74, 6) is 0.141. The van der Waals surface area contributed by atoms with E-state index in [1.807, 2.05) is 6.07 Å². The Bertz CT molecular complexity index is 724. The van der Waals surface area contributed by atoms with Crippen molar-refractivity contribution in [3.63, 3.8) is 0 Å². The number of aromatic nitrogens is 3. The van der Waals surface area contributed by atoms with Crippen LogP contribution < -0.4 is 5.73 Å². The van der Waals surface area contributed by atoms with Gasteiger partial charge in [0, 0.05) is 6.20 Å². The van der Waals surface area contributed by atoms with Gasteiger partial charge in [-0.25, -0.2) is 9.97 Å². The summed E-state index contributed by atoms with van der Waals surface area (Å²) >= 11 is 0. The molecule has 2 aromatic heterocycles. The van der Waals surface area contributed by atoms with Gasteiger partial charge < -0.3 is 30.4 Å². The number of fused-ring (bicyclic) bond motifs is 1. The molecule has 3 heterocycles. The van der Waals surface area contributed by atoms with E-state index < -0.39 is 31.1 Å². The van der Waals surface area contributed by atoms with Crippen molar-refractivity contribution < 1.29 is 20.1 Å². The Kier molecular flexibility index (Phi) is 3.23. The fourth-order valence-electron chi connectivity index (χ4n) is 2.50. The van der Waals surface area contributed by atoms with E-state index in [1.165, 1.54) is 17.1 Å². The molecule has 110 valence electrons. The topological polar surface area (TPSA) is 150 Å². The molecule has 0 spiro atoms. The van der Waals surface area contributed by atoms with Crippen molar-refractivity contribution in [1.29, 1.82) is 5.26 Å². The number of aliphatic hydroxyl groups is 3. The van der Waals surface area contributed by atoms with Crippen LogP contribution in [0, 0.1) is 11.3 Å². The predicted octanol–water partition coefficient (Wildman–Crippen LogP) is -1.50. The molecule has 0 unspecified atom stereocenters. The lowest BCUT2D eigenvalue weighted by atomic mass is 10.1. The van der Waals surface area contributed by atoms with Crippen molar-refractivity contribution in [2.24, 2.45) is 0 Å². The molecule has 0 aliphatic carbocycles. The average Bonchev–Trinajstić information content (AvgIpc) is 2.99. The molecule has 5 N–H and O–H groups in total. The molecule has 4 atom stereocenters. The lowest BCUT2D eigenvalue weighted by Gasteiger charge is -2.17. The summed E-state index contributed by atoms with van der Waals surface area (Å²) in [5.41, 5.74) is 6.30. The third-order valence-electron chi connectivity index (χ3n) is 3.55. The summed E-state index contributed by atoms with van der Waals surface area (Å²) in [5, 5.41) is 38.5. The molecule has 0 bridgehead atoms. The summed E-state index contributed by atoms with van der Waals surface area (Å²) in [7, 11) is 0. The predicted molar refractivity (Wildman–Crippen MR) is 69.7 cm³/mol. The van der Waals surface area contributed by atoms with Crippen molar-refractivity contribution >= 4 is 16.9 Å². The molecule has 0 aromatic carbocycles. The van der Waals surface area contributed by atoms with E-state index in [0.717, 1.165) is 0 Å². The third kappa shape index (κ3) is 1.93. The molecule has 0 radical (unpaired) electrons.